The number of halogens is 1. The normalized spacial score (nSPS) is 10.6. The predicted octanol–water partition coefficient (Wildman–Crippen LogP) is 2.94. The number of carboxylic acids is 1. The van der Waals surface area contributed by atoms with Crippen LogP contribution in [0.4, 0.5) is 4.39 Å². The zero-order valence-corrected chi connectivity index (χ0v) is 10.6. The third-order valence-electron chi connectivity index (χ3n) is 3.13. The minimum absolute atomic E-state index is 0.206. The Bertz CT molecular complexity index is 549. The molecule has 1 aromatic carbocycles. The maximum atomic E-state index is 12.5. The number of hydrogen-bond donors (Lipinski definition) is 1. The molecule has 0 aliphatic carbocycles. The fourth-order valence-corrected chi connectivity index (χ4v) is 2.19. The van der Waals surface area contributed by atoms with E-state index in [4.69, 9.17) is 5.11 Å². The highest BCUT2D eigenvalue weighted by Gasteiger charge is 2.14. The molecule has 4 heteroatoms. The highest BCUT2D eigenvalue weighted by Crippen LogP contribution is 2.15. The average molecular weight is 261 g/mol. The first kappa shape index (κ1) is 13.3. The molecule has 0 saturated heterocycles. The summed E-state index contributed by atoms with van der Waals surface area (Å²) in [7, 11) is 0. The van der Waals surface area contributed by atoms with E-state index in [0.717, 1.165) is 12.0 Å². The third kappa shape index (κ3) is 3.22. The Hall–Kier alpha value is -2.10. The van der Waals surface area contributed by atoms with E-state index in [1.807, 2.05) is 30.3 Å². The standard InChI is InChI=1S/C15H16FNO2/c16-9-11-17-10-8-13(15(18)19)14(17)7-6-12-4-2-1-3-5-12/h1-5,8,10H,6-7,9,11H2,(H,18,19). The van der Waals surface area contributed by atoms with Gasteiger partial charge < -0.3 is 9.67 Å². The van der Waals surface area contributed by atoms with Crippen molar-refractivity contribution in [3.8, 4) is 0 Å². The molecule has 0 atom stereocenters. The number of alkyl halides is 1. The Morgan fingerprint density at radius 2 is 1.89 bits per heavy atom. The number of hydrogen-bond acceptors (Lipinski definition) is 1. The van der Waals surface area contributed by atoms with Crippen LogP contribution in [-0.4, -0.2) is 22.3 Å². The van der Waals surface area contributed by atoms with Crippen molar-refractivity contribution in [3.63, 3.8) is 0 Å². The number of benzene rings is 1. The van der Waals surface area contributed by atoms with Crippen LogP contribution >= 0.6 is 0 Å². The van der Waals surface area contributed by atoms with Crippen LogP contribution in [0.2, 0.25) is 0 Å². The van der Waals surface area contributed by atoms with Gasteiger partial charge in [0.05, 0.1) is 12.1 Å². The Morgan fingerprint density at radius 1 is 1.16 bits per heavy atom. The number of carbonyl (C=O) groups is 1. The summed E-state index contributed by atoms with van der Waals surface area (Å²) in [5.74, 6) is -0.958. The Kier molecular flexibility index (Phi) is 4.34. The molecule has 1 aromatic heterocycles. The second-order valence-electron chi connectivity index (χ2n) is 4.35. The number of aromatic nitrogens is 1. The zero-order valence-electron chi connectivity index (χ0n) is 10.6. The number of carboxylic acid groups (broad SMARTS) is 1. The second kappa shape index (κ2) is 6.18. The van der Waals surface area contributed by atoms with Gasteiger partial charge in [0.2, 0.25) is 0 Å². The number of aryl methyl sites for hydroxylation is 2. The molecule has 2 rings (SSSR count). The SMILES string of the molecule is O=C(O)c1ccn(CCF)c1CCc1ccccc1. The summed E-state index contributed by atoms with van der Waals surface area (Å²) in [6.07, 6.45) is 2.99. The highest BCUT2D eigenvalue weighted by molar-refractivity contribution is 5.89. The van der Waals surface area contributed by atoms with E-state index in [1.165, 1.54) is 6.07 Å². The molecule has 0 amide bonds. The van der Waals surface area contributed by atoms with Gasteiger partial charge in [-0.3, -0.25) is 0 Å². The first-order valence-electron chi connectivity index (χ1n) is 6.23. The van der Waals surface area contributed by atoms with Crippen LogP contribution in [-0.2, 0) is 19.4 Å². The molecule has 0 fully saturated rings. The van der Waals surface area contributed by atoms with Crippen LogP contribution in [0.1, 0.15) is 21.6 Å². The van der Waals surface area contributed by atoms with Gasteiger partial charge in [-0.05, 0) is 24.5 Å². The van der Waals surface area contributed by atoms with Crippen molar-refractivity contribution in [1.82, 2.24) is 4.57 Å². The van der Waals surface area contributed by atoms with Crippen molar-refractivity contribution in [2.24, 2.45) is 0 Å². The lowest BCUT2D eigenvalue weighted by Crippen LogP contribution is -2.09. The van der Waals surface area contributed by atoms with Gasteiger partial charge in [0.25, 0.3) is 0 Å². The van der Waals surface area contributed by atoms with Crippen LogP contribution < -0.4 is 0 Å². The number of aromatic carboxylic acids is 1. The molecule has 0 saturated carbocycles. The van der Waals surface area contributed by atoms with Crippen molar-refractivity contribution in [2.75, 3.05) is 6.67 Å². The molecule has 0 bridgehead atoms. The van der Waals surface area contributed by atoms with Crippen molar-refractivity contribution in [1.29, 1.82) is 0 Å². The Labute approximate surface area is 111 Å². The van der Waals surface area contributed by atoms with Crippen LogP contribution in [0.3, 0.4) is 0 Å². The lowest BCUT2D eigenvalue weighted by Gasteiger charge is -2.08. The minimum atomic E-state index is -0.958. The molecule has 1 N–H and O–H groups in total. The molecule has 0 aliphatic rings. The summed E-state index contributed by atoms with van der Waals surface area (Å²) in [5.41, 5.74) is 2.10. The topological polar surface area (TPSA) is 42.2 Å². The van der Waals surface area contributed by atoms with Crippen molar-refractivity contribution in [2.45, 2.75) is 19.4 Å². The van der Waals surface area contributed by atoms with Crippen LogP contribution in [0.15, 0.2) is 42.6 Å². The third-order valence-corrected chi connectivity index (χ3v) is 3.13. The van der Waals surface area contributed by atoms with E-state index >= 15 is 0 Å². The van der Waals surface area contributed by atoms with Gasteiger partial charge >= 0.3 is 5.97 Å². The van der Waals surface area contributed by atoms with Crippen molar-refractivity contribution >= 4 is 5.97 Å². The van der Waals surface area contributed by atoms with Gasteiger partial charge in [-0.15, -0.1) is 0 Å². The smallest absolute Gasteiger partial charge is 0.337 e. The van der Waals surface area contributed by atoms with Gasteiger partial charge in [0, 0.05) is 11.9 Å². The highest BCUT2D eigenvalue weighted by atomic mass is 19.1. The summed E-state index contributed by atoms with van der Waals surface area (Å²) in [5, 5.41) is 9.14. The first-order valence-corrected chi connectivity index (χ1v) is 6.23. The van der Waals surface area contributed by atoms with E-state index in [1.54, 1.807) is 10.8 Å². The van der Waals surface area contributed by atoms with E-state index in [9.17, 15) is 9.18 Å². The van der Waals surface area contributed by atoms with Gasteiger partial charge in [-0.2, -0.15) is 0 Å². The second-order valence-corrected chi connectivity index (χ2v) is 4.35. The van der Waals surface area contributed by atoms with E-state index < -0.39 is 12.6 Å². The lowest BCUT2D eigenvalue weighted by molar-refractivity contribution is 0.0695. The number of rotatable bonds is 6. The Balaban J connectivity index is 2.17. The van der Waals surface area contributed by atoms with Gasteiger partial charge in [-0.1, -0.05) is 30.3 Å². The fraction of sp³-hybridized carbons (Fsp3) is 0.267. The summed E-state index contributed by atoms with van der Waals surface area (Å²) >= 11 is 0. The molecule has 0 aliphatic heterocycles. The zero-order chi connectivity index (χ0) is 13.7. The van der Waals surface area contributed by atoms with Crippen LogP contribution in [0.5, 0.6) is 0 Å². The van der Waals surface area contributed by atoms with Crippen molar-refractivity contribution in [3.05, 3.63) is 59.4 Å². The maximum Gasteiger partial charge on any atom is 0.337 e. The summed E-state index contributed by atoms with van der Waals surface area (Å²) in [4.78, 5) is 11.1. The number of nitrogens with zero attached hydrogens (tertiary/aromatic N) is 1. The molecule has 2 aromatic rings. The molecule has 0 radical (unpaired) electrons. The summed E-state index contributed by atoms with van der Waals surface area (Å²) < 4.78 is 14.2. The molecule has 3 nitrogen and oxygen atoms in total. The largest absolute Gasteiger partial charge is 0.478 e. The molecular weight excluding hydrogens is 245 g/mol. The molecular formula is C15H16FNO2. The van der Waals surface area contributed by atoms with E-state index in [-0.39, 0.29) is 12.1 Å². The molecule has 19 heavy (non-hydrogen) atoms. The monoisotopic (exact) mass is 261 g/mol. The summed E-state index contributed by atoms with van der Waals surface area (Å²) in [6, 6.07) is 11.4. The lowest BCUT2D eigenvalue weighted by atomic mass is 10.1. The maximum absolute atomic E-state index is 12.5. The van der Waals surface area contributed by atoms with E-state index in [0.29, 0.717) is 12.1 Å². The molecule has 1 heterocycles. The molecule has 0 spiro atoms. The van der Waals surface area contributed by atoms with Gasteiger partial charge in [0.15, 0.2) is 0 Å². The van der Waals surface area contributed by atoms with Crippen LogP contribution in [0, 0.1) is 0 Å². The first-order chi connectivity index (χ1) is 9.22. The van der Waals surface area contributed by atoms with Gasteiger partial charge in [-0.25, -0.2) is 9.18 Å². The van der Waals surface area contributed by atoms with Crippen molar-refractivity contribution < 1.29 is 14.3 Å². The Morgan fingerprint density at radius 3 is 2.53 bits per heavy atom. The fourth-order valence-electron chi connectivity index (χ4n) is 2.19. The minimum Gasteiger partial charge on any atom is -0.478 e. The average Bonchev–Trinajstić information content (AvgIpc) is 2.81. The quantitative estimate of drug-likeness (QED) is 0.868. The molecule has 100 valence electrons. The van der Waals surface area contributed by atoms with E-state index in [2.05, 4.69) is 0 Å². The molecule has 0 unspecified atom stereocenters. The van der Waals surface area contributed by atoms with Crippen LogP contribution in [0.25, 0.3) is 0 Å². The van der Waals surface area contributed by atoms with Gasteiger partial charge in [0.1, 0.15) is 6.67 Å². The predicted molar refractivity (Wildman–Crippen MR) is 71.2 cm³/mol. The summed E-state index contributed by atoms with van der Waals surface area (Å²) in [6.45, 7) is -0.288.